The lowest BCUT2D eigenvalue weighted by molar-refractivity contribution is 0.0954. The van der Waals surface area contributed by atoms with Gasteiger partial charge in [-0.25, -0.2) is 13.1 Å². The number of benzene rings is 1. The number of aromatic nitrogens is 1. The SMILES string of the molecule is CCOc1ccc(S(=O)(=O)NCCNC(=O)c2ccncc2)cc1. The highest BCUT2D eigenvalue weighted by atomic mass is 32.2. The molecule has 2 N–H and O–H groups in total. The Hall–Kier alpha value is -2.45. The highest BCUT2D eigenvalue weighted by Crippen LogP contribution is 2.15. The van der Waals surface area contributed by atoms with E-state index in [1.165, 1.54) is 24.5 Å². The minimum absolute atomic E-state index is 0.0897. The smallest absolute Gasteiger partial charge is 0.251 e. The van der Waals surface area contributed by atoms with E-state index in [4.69, 9.17) is 4.74 Å². The number of nitrogens with one attached hydrogen (secondary N) is 2. The molecule has 1 amide bonds. The molecule has 0 fully saturated rings. The van der Waals surface area contributed by atoms with Gasteiger partial charge in [-0.15, -0.1) is 0 Å². The van der Waals surface area contributed by atoms with E-state index in [9.17, 15) is 13.2 Å². The van der Waals surface area contributed by atoms with E-state index in [2.05, 4.69) is 15.0 Å². The number of nitrogens with zero attached hydrogens (tertiary/aromatic N) is 1. The van der Waals surface area contributed by atoms with Crippen molar-refractivity contribution in [3.05, 3.63) is 54.4 Å². The van der Waals surface area contributed by atoms with Crippen molar-refractivity contribution in [1.29, 1.82) is 0 Å². The number of hydrogen-bond acceptors (Lipinski definition) is 5. The molecule has 0 atom stereocenters. The maximum atomic E-state index is 12.1. The van der Waals surface area contributed by atoms with Gasteiger partial charge in [0.1, 0.15) is 5.75 Å². The van der Waals surface area contributed by atoms with Crippen molar-refractivity contribution < 1.29 is 17.9 Å². The Morgan fingerprint density at radius 1 is 1.08 bits per heavy atom. The Morgan fingerprint density at radius 3 is 2.38 bits per heavy atom. The predicted octanol–water partition coefficient (Wildman–Crippen LogP) is 1.19. The molecule has 2 aromatic rings. The quantitative estimate of drug-likeness (QED) is 0.698. The summed E-state index contributed by atoms with van der Waals surface area (Å²) in [5.41, 5.74) is 0.472. The highest BCUT2D eigenvalue weighted by Gasteiger charge is 2.13. The Kier molecular flexibility index (Phi) is 6.28. The second kappa shape index (κ2) is 8.42. The zero-order chi connectivity index (χ0) is 17.4. The van der Waals surface area contributed by atoms with Gasteiger partial charge >= 0.3 is 0 Å². The van der Waals surface area contributed by atoms with Crippen LogP contribution in [0.3, 0.4) is 0 Å². The molecule has 0 unspecified atom stereocenters. The van der Waals surface area contributed by atoms with Gasteiger partial charge in [-0.1, -0.05) is 0 Å². The zero-order valence-corrected chi connectivity index (χ0v) is 14.0. The summed E-state index contributed by atoms with van der Waals surface area (Å²) >= 11 is 0. The van der Waals surface area contributed by atoms with Crippen molar-refractivity contribution in [2.45, 2.75) is 11.8 Å². The van der Waals surface area contributed by atoms with Gasteiger partial charge in [0.25, 0.3) is 5.91 Å². The Balaban J connectivity index is 1.83. The number of rotatable bonds is 8. The monoisotopic (exact) mass is 349 g/mol. The number of carbonyl (C=O) groups is 1. The molecule has 2 rings (SSSR count). The molecule has 8 heteroatoms. The lowest BCUT2D eigenvalue weighted by atomic mass is 10.2. The van der Waals surface area contributed by atoms with E-state index in [0.29, 0.717) is 17.9 Å². The van der Waals surface area contributed by atoms with Crippen LogP contribution < -0.4 is 14.8 Å². The van der Waals surface area contributed by atoms with Crippen molar-refractivity contribution in [1.82, 2.24) is 15.0 Å². The van der Waals surface area contributed by atoms with Crippen molar-refractivity contribution in [3.8, 4) is 5.75 Å². The molecule has 128 valence electrons. The summed E-state index contributed by atoms with van der Waals surface area (Å²) in [7, 11) is -3.62. The van der Waals surface area contributed by atoms with E-state index in [0.717, 1.165) is 0 Å². The van der Waals surface area contributed by atoms with Crippen molar-refractivity contribution in [2.75, 3.05) is 19.7 Å². The van der Waals surface area contributed by atoms with Crippen molar-refractivity contribution >= 4 is 15.9 Å². The normalized spacial score (nSPS) is 11.0. The Morgan fingerprint density at radius 2 is 1.75 bits per heavy atom. The number of carbonyl (C=O) groups excluding carboxylic acids is 1. The molecule has 24 heavy (non-hydrogen) atoms. The molecule has 1 aromatic heterocycles. The first-order chi connectivity index (χ1) is 11.5. The summed E-state index contributed by atoms with van der Waals surface area (Å²) in [5.74, 6) is 0.332. The Labute approximate surface area is 141 Å². The van der Waals surface area contributed by atoms with Crippen molar-refractivity contribution in [2.24, 2.45) is 0 Å². The number of ether oxygens (including phenoxy) is 1. The molecule has 0 aliphatic heterocycles. The molecule has 1 heterocycles. The van der Waals surface area contributed by atoms with Gasteiger partial charge in [-0.05, 0) is 43.3 Å². The largest absolute Gasteiger partial charge is 0.494 e. The summed E-state index contributed by atoms with van der Waals surface area (Å²) in [4.78, 5) is 15.8. The van der Waals surface area contributed by atoms with Crippen LogP contribution in [-0.4, -0.2) is 39.0 Å². The lowest BCUT2D eigenvalue weighted by Crippen LogP contribution is -2.34. The minimum Gasteiger partial charge on any atom is -0.494 e. The standard InChI is InChI=1S/C16H19N3O4S/c1-2-23-14-3-5-15(6-4-14)24(21,22)19-12-11-18-16(20)13-7-9-17-10-8-13/h3-10,19H,2,11-12H2,1H3,(H,18,20). The van der Waals surface area contributed by atoms with Gasteiger partial charge in [-0.3, -0.25) is 9.78 Å². The first kappa shape index (κ1) is 17.9. The molecule has 0 bridgehead atoms. The van der Waals surface area contributed by atoms with Crippen LogP contribution in [-0.2, 0) is 10.0 Å². The van der Waals surface area contributed by atoms with Crippen LogP contribution in [0.25, 0.3) is 0 Å². The fraction of sp³-hybridized carbons (Fsp3) is 0.250. The van der Waals surface area contributed by atoms with Crippen molar-refractivity contribution in [3.63, 3.8) is 0 Å². The fourth-order valence-corrected chi connectivity index (χ4v) is 2.96. The molecule has 0 saturated heterocycles. The van der Waals surface area contributed by atoms with Gasteiger partial charge in [0.05, 0.1) is 11.5 Å². The first-order valence-electron chi connectivity index (χ1n) is 7.43. The van der Waals surface area contributed by atoms with Crippen LogP contribution in [0, 0.1) is 0 Å². The van der Waals surface area contributed by atoms with E-state index < -0.39 is 10.0 Å². The van der Waals surface area contributed by atoms with Gasteiger partial charge < -0.3 is 10.1 Å². The second-order valence-corrected chi connectivity index (χ2v) is 6.56. The van der Waals surface area contributed by atoms with Crippen LogP contribution in [0.1, 0.15) is 17.3 Å². The average Bonchev–Trinajstić information content (AvgIpc) is 2.60. The van der Waals surface area contributed by atoms with E-state index in [1.54, 1.807) is 24.3 Å². The molecular weight excluding hydrogens is 330 g/mol. The number of sulfonamides is 1. The van der Waals surface area contributed by atoms with Crippen LogP contribution >= 0.6 is 0 Å². The van der Waals surface area contributed by atoms with Crippen LogP contribution in [0.5, 0.6) is 5.75 Å². The molecule has 0 spiro atoms. The van der Waals surface area contributed by atoms with Gasteiger partial charge in [0.2, 0.25) is 10.0 Å². The zero-order valence-electron chi connectivity index (χ0n) is 13.2. The molecule has 0 saturated carbocycles. The molecule has 0 radical (unpaired) electrons. The van der Waals surface area contributed by atoms with Crippen LogP contribution in [0.2, 0.25) is 0 Å². The summed E-state index contributed by atoms with van der Waals surface area (Å²) < 4.78 is 32.0. The van der Waals surface area contributed by atoms with Gasteiger partial charge in [-0.2, -0.15) is 0 Å². The third-order valence-corrected chi connectivity index (χ3v) is 4.57. The second-order valence-electron chi connectivity index (χ2n) is 4.79. The van der Waals surface area contributed by atoms with E-state index in [1.807, 2.05) is 6.92 Å². The number of pyridine rings is 1. The maximum absolute atomic E-state index is 12.1. The van der Waals surface area contributed by atoms with Gasteiger partial charge in [0, 0.05) is 31.0 Å². The molecule has 0 aliphatic rings. The maximum Gasteiger partial charge on any atom is 0.251 e. The van der Waals surface area contributed by atoms with E-state index in [-0.39, 0.29) is 23.9 Å². The molecule has 1 aromatic carbocycles. The topological polar surface area (TPSA) is 97.4 Å². The minimum atomic E-state index is -3.62. The highest BCUT2D eigenvalue weighted by molar-refractivity contribution is 7.89. The Bertz CT molecular complexity index is 762. The van der Waals surface area contributed by atoms with Gasteiger partial charge in [0.15, 0.2) is 0 Å². The third-order valence-electron chi connectivity index (χ3n) is 3.09. The predicted molar refractivity (Wildman–Crippen MR) is 89.4 cm³/mol. The van der Waals surface area contributed by atoms with Crippen LogP contribution in [0.15, 0.2) is 53.7 Å². The summed E-state index contributed by atoms with van der Waals surface area (Å²) in [6.07, 6.45) is 3.03. The summed E-state index contributed by atoms with van der Waals surface area (Å²) in [5, 5.41) is 2.64. The first-order valence-corrected chi connectivity index (χ1v) is 8.92. The average molecular weight is 349 g/mol. The molecular formula is C16H19N3O4S. The number of hydrogen-bond donors (Lipinski definition) is 2. The molecule has 0 aliphatic carbocycles. The summed E-state index contributed by atoms with van der Waals surface area (Å²) in [6, 6.07) is 9.32. The summed E-state index contributed by atoms with van der Waals surface area (Å²) in [6.45, 7) is 2.64. The number of amides is 1. The molecule has 7 nitrogen and oxygen atoms in total. The van der Waals surface area contributed by atoms with Crippen LogP contribution in [0.4, 0.5) is 0 Å². The van der Waals surface area contributed by atoms with E-state index >= 15 is 0 Å². The third kappa shape index (κ3) is 5.04. The lowest BCUT2D eigenvalue weighted by Gasteiger charge is -2.09. The fourth-order valence-electron chi connectivity index (χ4n) is 1.93.